The zero-order chi connectivity index (χ0) is 20.1. The largest absolute Gasteiger partial charge is 0.493 e. The molecular formula is C19H17N3O4S2. The Balaban J connectivity index is 1.78. The minimum Gasteiger partial charge on any atom is -0.493 e. The summed E-state index contributed by atoms with van der Waals surface area (Å²) >= 11 is 6.34. The van der Waals surface area contributed by atoms with Crippen LogP contribution in [-0.2, 0) is 4.79 Å². The van der Waals surface area contributed by atoms with Crippen molar-refractivity contribution in [3.63, 3.8) is 0 Å². The molecule has 3 rings (SSSR count). The van der Waals surface area contributed by atoms with Gasteiger partial charge < -0.3 is 9.47 Å². The van der Waals surface area contributed by atoms with E-state index in [9.17, 15) is 9.59 Å². The number of aromatic nitrogens is 1. The number of hydrazine groups is 1. The van der Waals surface area contributed by atoms with E-state index in [0.29, 0.717) is 28.6 Å². The smallest absolute Gasteiger partial charge is 0.285 e. The average molecular weight is 415 g/mol. The van der Waals surface area contributed by atoms with Gasteiger partial charge in [-0.2, -0.15) is 5.01 Å². The van der Waals surface area contributed by atoms with Crippen LogP contribution < -0.4 is 14.9 Å². The van der Waals surface area contributed by atoms with Crippen molar-refractivity contribution in [2.75, 3.05) is 13.7 Å². The molecule has 1 aromatic carbocycles. The number of rotatable bonds is 6. The zero-order valence-corrected chi connectivity index (χ0v) is 16.8. The van der Waals surface area contributed by atoms with Gasteiger partial charge in [0.2, 0.25) is 0 Å². The Kier molecular flexibility index (Phi) is 6.27. The predicted molar refractivity (Wildman–Crippen MR) is 111 cm³/mol. The number of nitrogens with zero attached hydrogens (tertiary/aromatic N) is 2. The Hall–Kier alpha value is -2.91. The molecule has 1 aliphatic heterocycles. The van der Waals surface area contributed by atoms with Gasteiger partial charge in [0.15, 0.2) is 15.8 Å². The number of hydrogen-bond acceptors (Lipinski definition) is 7. The van der Waals surface area contributed by atoms with Crippen molar-refractivity contribution < 1.29 is 19.1 Å². The van der Waals surface area contributed by atoms with Gasteiger partial charge in [-0.3, -0.25) is 20.0 Å². The molecule has 0 spiro atoms. The molecule has 0 atom stereocenters. The molecule has 1 saturated heterocycles. The van der Waals surface area contributed by atoms with E-state index in [1.807, 2.05) is 13.0 Å². The Morgan fingerprint density at radius 2 is 2.18 bits per heavy atom. The first kappa shape index (κ1) is 19.8. The van der Waals surface area contributed by atoms with Crippen molar-refractivity contribution in [2.45, 2.75) is 6.92 Å². The van der Waals surface area contributed by atoms with Crippen LogP contribution in [0.3, 0.4) is 0 Å². The molecule has 0 saturated carbocycles. The number of ether oxygens (including phenoxy) is 2. The van der Waals surface area contributed by atoms with Gasteiger partial charge in [-0.25, -0.2) is 0 Å². The monoisotopic (exact) mass is 415 g/mol. The molecule has 1 N–H and O–H groups in total. The maximum absolute atomic E-state index is 12.7. The number of methoxy groups -OCH3 is 1. The highest BCUT2D eigenvalue weighted by molar-refractivity contribution is 8.26. The molecule has 0 bridgehead atoms. The fourth-order valence-corrected chi connectivity index (χ4v) is 3.61. The number of pyridine rings is 1. The summed E-state index contributed by atoms with van der Waals surface area (Å²) in [4.78, 5) is 29.2. The molecule has 2 heterocycles. The first-order valence-electron chi connectivity index (χ1n) is 8.33. The Morgan fingerprint density at radius 1 is 1.36 bits per heavy atom. The molecule has 28 heavy (non-hydrogen) atoms. The van der Waals surface area contributed by atoms with Gasteiger partial charge in [0.05, 0.1) is 24.2 Å². The number of hydrogen-bond donors (Lipinski definition) is 1. The number of thioether (sulfide) groups is 1. The number of thiocarbonyl (C=S) groups is 1. The number of carbonyl (C=O) groups excluding carboxylic acids is 2. The number of amides is 2. The second kappa shape index (κ2) is 8.85. The van der Waals surface area contributed by atoms with Crippen LogP contribution in [0.2, 0.25) is 0 Å². The molecule has 2 aromatic rings. The lowest BCUT2D eigenvalue weighted by Crippen LogP contribution is -2.44. The summed E-state index contributed by atoms with van der Waals surface area (Å²) in [6.07, 6.45) is 4.66. The summed E-state index contributed by atoms with van der Waals surface area (Å²) in [7, 11) is 1.55. The van der Waals surface area contributed by atoms with Gasteiger partial charge >= 0.3 is 0 Å². The highest BCUT2D eigenvalue weighted by Crippen LogP contribution is 2.34. The van der Waals surface area contributed by atoms with Crippen molar-refractivity contribution in [1.82, 2.24) is 15.4 Å². The van der Waals surface area contributed by atoms with Gasteiger partial charge in [0.1, 0.15) is 0 Å². The average Bonchev–Trinajstić information content (AvgIpc) is 2.97. The predicted octanol–water partition coefficient (Wildman–Crippen LogP) is 3.04. The van der Waals surface area contributed by atoms with Crippen LogP contribution in [0.15, 0.2) is 47.6 Å². The maximum atomic E-state index is 12.7. The molecule has 0 aliphatic carbocycles. The van der Waals surface area contributed by atoms with Crippen LogP contribution >= 0.6 is 24.0 Å². The van der Waals surface area contributed by atoms with E-state index in [1.54, 1.807) is 43.6 Å². The van der Waals surface area contributed by atoms with Crippen LogP contribution in [0.4, 0.5) is 0 Å². The summed E-state index contributed by atoms with van der Waals surface area (Å²) in [5.41, 5.74) is 3.60. The molecular weight excluding hydrogens is 398 g/mol. The number of benzene rings is 1. The van der Waals surface area contributed by atoms with Crippen molar-refractivity contribution in [1.29, 1.82) is 0 Å². The third-order valence-corrected chi connectivity index (χ3v) is 5.02. The summed E-state index contributed by atoms with van der Waals surface area (Å²) in [5, 5.41) is 1.06. The standard InChI is InChI=1S/C19H17N3O4S2/c1-3-26-14-7-6-12(9-15(14)25-2)10-16-18(24)22(19(27)28-16)21-17(23)13-5-4-8-20-11-13/h4-11H,3H2,1-2H3,(H,21,23)/b16-10-. The van der Waals surface area contributed by atoms with Crippen LogP contribution in [0.25, 0.3) is 6.08 Å². The minimum absolute atomic E-state index is 0.242. The van der Waals surface area contributed by atoms with E-state index in [1.165, 1.54) is 6.20 Å². The van der Waals surface area contributed by atoms with Gasteiger partial charge in [-0.1, -0.05) is 17.8 Å². The SMILES string of the molecule is CCOc1ccc(/C=C2\SC(=S)N(NC(=O)c3cccnc3)C2=O)cc1OC. The third kappa shape index (κ3) is 4.32. The van der Waals surface area contributed by atoms with Crippen molar-refractivity contribution in [3.8, 4) is 11.5 Å². The molecule has 9 heteroatoms. The highest BCUT2D eigenvalue weighted by atomic mass is 32.2. The highest BCUT2D eigenvalue weighted by Gasteiger charge is 2.33. The van der Waals surface area contributed by atoms with Crippen LogP contribution in [-0.4, -0.2) is 39.8 Å². The summed E-state index contributed by atoms with van der Waals surface area (Å²) in [6, 6.07) is 8.60. The topological polar surface area (TPSA) is 80.8 Å². The van der Waals surface area contributed by atoms with Gasteiger partial charge in [-0.05, 0) is 55.0 Å². The van der Waals surface area contributed by atoms with Crippen molar-refractivity contribution in [3.05, 3.63) is 58.8 Å². The summed E-state index contributed by atoms with van der Waals surface area (Å²) < 4.78 is 11.1. The lowest BCUT2D eigenvalue weighted by Gasteiger charge is -2.15. The second-order valence-corrected chi connectivity index (χ2v) is 7.22. The normalized spacial score (nSPS) is 15.1. The first-order chi connectivity index (χ1) is 13.5. The molecule has 2 amide bonds. The van der Waals surface area contributed by atoms with E-state index in [-0.39, 0.29) is 4.32 Å². The van der Waals surface area contributed by atoms with E-state index in [2.05, 4.69) is 10.4 Å². The quantitative estimate of drug-likeness (QED) is 0.574. The van der Waals surface area contributed by atoms with E-state index in [4.69, 9.17) is 21.7 Å². The van der Waals surface area contributed by atoms with E-state index >= 15 is 0 Å². The van der Waals surface area contributed by atoms with Crippen LogP contribution in [0.1, 0.15) is 22.8 Å². The first-order valence-corrected chi connectivity index (χ1v) is 9.55. The number of nitrogens with one attached hydrogen (secondary N) is 1. The zero-order valence-electron chi connectivity index (χ0n) is 15.2. The lowest BCUT2D eigenvalue weighted by atomic mass is 10.2. The van der Waals surface area contributed by atoms with Gasteiger partial charge in [0, 0.05) is 12.4 Å². The van der Waals surface area contributed by atoms with Crippen LogP contribution in [0.5, 0.6) is 11.5 Å². The van der Waals surface area contributed by atoms with Crippen LogP contribution in [0, 0.1) is 0 Å². The fourth-order valence-electron chi connectivity index (χ4n) is 2.43. The van der Waals surface area contributed by atoms with E-state index < -0.39 is 11.8 Å². The molecule has 144 valence electrons. The summed E-state index contributed by atoms with van der Waals surface area (Å²) in [5.74, 6) is 0.322. The molecule has 1 aliphatic rings. The Labute approximate surface area is 171 Å². The molecule has 1 fully saturated rings. The van der Waals surface area contributed by atoms with Gasteiger partial charge in [-0.15, -0.1) is 0 Å². The Morgan fingerprint density at radius 3 is 2.86 bits per heavy atom. The lowest BCUT2D eigenvalue weighted by molar-refractivity contribution is -0.123. The molecule has 1 aromatic heterocycles. The molecule has 0 radical (unpaired) electrons. The van der Waals surface area contributed by atoms with Crippen molar-refractivity contribution >= 4 is 46.2 Å². The van der Waals surface area contributed by atoms with Gasteiger partial charge in [0.25, 0.3) is 11.8 Å². The summed E-state index contributed by atoms with van der Waals surface area (Å²) in [6.45, 7) is 2.41. The second-order valence-electron chi connectivity index (χ2n) is 5.54. The number of carbonyl (C=O) groups is 2. The minimum atomic E-state index is -0.464. The van der Waals surface area contributed by atoms with E-state index in [0.717, 1.165) is 22.3 Å². The Bertz CT molecular complexity index is 947. The molecule has 7 nitrogen and oxygen atoms in total. The third-order valence-electron chi connectivity index (χ3n) is 3.72. The fraction of sp³-hybridized carbons (Fsp3) is 0.158. The molecule has 0 unspecified atom stereocenters. The van der Waals surface area contributed by atoms with Crippen molar-refractivity contribution in [2.24, 2.45) is 0 Å². The maximum Gasteiger partial charge on any atom is 0.285 e.